The first-order valence-electron chi connectivity index (χ1n) is 6.06. The first-order valence-corrected chi connectivity index (χ1v) is 6.94. The van der Waals surface area contributed by atoms with E-state index in [0.717, 1.165) is 25.3 Å². The molecule has 3 N–H and O–H groups in total. The van der Waals surface area contributed by atoms with Gasteiger partial charge in [-0.1, -0.05) is 12.8 Å². The number of nitrogens with one attached hydrogen (secondary N) is 1. The van der Waals surface area contributed by atoms with Crippen LogP contribution in [0.5, 0.6) is 0 Å². The second-order valence-electron chi connectivity index (χ2n) is 4.90. The van der Waals surface area contributed by atoms with Gasteiger partial charge in [-0.3, -0.25) is 0 Å². The number of nitrogens with zero attached hydrogens (tertiary/aromatic N) is 1. The SMILES string of the molecule is Cc1csc(CNCC2(CN)CCCC2)n1. The molecule has 0 bridgehead atoms. The molecule has 0 radical (unpaired) electrons. The van der Waals surface area contributed by atoms with Crippen molar-refractivity contribution in [1.29, 1.82) is 0 Å². The molecule has 1 saturated carbocycles. The van der Waals surface area contributed by atoms with E-state index in [-0.39, 0.29) is 0 Å². The summed E-state index contributed by atoms with van der Waals surface area (Å²) in [4.78, 5) is 4.45. The lowest BCUT2D eigenvalue weighted by molar-refractivity contribution is 0.290. The molecule has 1 aliphatic carbocycles. The second-order valence-corrected chi connectivity index (χ2v) is 5.84. The number of thiazole rings is 1. The normalized spacial score (nSPS) is 19.1. The van der Waals surface area contributed by atoms with Crippen LogP contribution in [0, 0.1) is 12.3 Å². The molecule has 1 fully saturated rings. The van der Waals surface area contributed by atoms with Crippen molar-refractivity contribution in [2.75, 3.05) is 13.1 Å². The van der Waals surface area contributed by atoms with Crippen LogP contribution in [-0.4, -0.2) is 18.1 Å². The monoisotopic (exact) mass is 239 g/mol. The molecule has 0 spiro atoms. The third-order valence-electron chi connectivity index (χ3n) is 3.54. The van der Waals surface area contributed by atoms with Gasteiger partial charge in [0.15, 0.2) is 0 Å². The van der Waals surface area contributed by atoms with Crippen molar-refractivity contribution in [3.63, 3.8) is 0 Å². The molecule has 1 aromatic heterocycles. The molecule has 1 aromatic rings. The van der Waals surface area contributed by atoms with Gasteiger partial charge in [0.05, 0.1) is 0 Å². The summed E-state index contributed by atoms with van der Waals surface area (Å²) in [5, 5.41) is 6.80. The predicted molar refractivity (Wildman–Crippen MR) is 68.5 cm³/mol. The van der Waals surface area contributed by atoms with Gasteiger partial charge in [0.2, 0.25) is 0 Å². The Kier molecular flexibility index (Phi) is 3.95. The van der Waals surface area contributed by atoms with Crippen LogP contribution in [-0.2, 0) is 6.54 Å². The predicted octanol–water partition coefficient (Wildman–Crippen LogP) is 2.06. The molecule has 2 rings (SSSR count). The van der Waals surface area contributed by atoms with Gasteiger partial charge in [0.25, 0.3) is 0 Å². The van der Waals surface area contributed by atoms with Crippen LogP contribution in [0.25, 0.3) is 0 Å². The Morgan fingerprint density at radius 1 is 1.50 bits per heavy atom. The van der Waals surface area contributed by atoms with Gasteiger partial charge in [-0.15, -0.1) is 11.3 Å². The van der Waals surface area contributed by atoms with Crippen molar-refractivity contribution in [2.24, 2.45) is 11.1 Å². The van der Waals surface area contributed by atoms with Crippen LogP contribution in [0.4, 0.5) is 0 Å². The molecule has 0 saturated heterocycles. The zero-order valence-electron chi connectivity index (χ0n) is 9.96. The third-order valence-corrected chi connectivity index (χ3v) is 4.51. The largest absolute Gasteiger partial charge is 0.330 e. The Bertz CT molecular complexity index is 329. The molecule has 3 nitrogen and oxygen atoms in total. The lowest BCUT2D eigenvalue weighted by Gasteiger charge is -2.27. The summed E-state index contributed by atoms with van der Waals surface area (Å²) < 4.78 is 0. The van der Waals surface area contributed by atoms with Crippen molar-refractivity contribution in [3.8, 4) is 0 Å². The summed E-state index contributed by atoms with van der Waals surface area (Å²) in [6.45, 7) is 4.79. The molecule has 90 valence electrons. The molecule has 1 aliphatic rings. The summed E-state index contributed by atoms with van der Waals surface area (Å²) >= 11 is 1.73. The van der Waals surface area contributed by atoms with Gasteiger partial charge in [0, 0.05) is 24.2 Å². The van der Waals surface area contributed by atoms with E-state index in [4.69, 9.17) is 5.73 Å². The minimum absolute atomic E-state index is 0.367. The highest BCUT2D eigenvalue weighted by molar-refractivity contribution is 7.09. The van der Waals surface area contributed by atoms with Crippen LogP contribution >= 0.6 is 11.3 Å². The summed E-state index contributed by atoms with van der Waals surface area (Å²) in [7, 11) is 0. The highest BCUT2D eigenvalue weighted by atomic mass is 32.1. The standard InChI is InChI=1S/C12H21N3S/c1-10-7-16-11(15-10)6-14-9-12(8-13)4-2-3-5-12/h7,14H,2-6,8-9,13H2,1H3. The van der Waals surface area contributed by atoms with Gasteiger partial charge in [-0.05, 0) is 31.7 Å². The number of aromatic nitrogens is 1. The van der Waals surface area contributed by atoms with E-state index in [2.05, 4.69) is 15.7 Å². The first kappa shape index (κ1) is 12.0. The van der Waals surface area contributed by atoms with Gasteiger partial charge in [-0.25, -0.2) is 4.98 Å². The average Bonchev–Trinajstić information content (AvgIpc) is 2.89. The Morgan fingerprint density at radius 3 is 2.81 bits per heavy atom. The van der Waals surface area contributed by atoms with E-state index in [1.165, 1.54) is 30.7 Å². The fourth-order valence-electron chi connectivity index (χ4n) is 2.50. The van der Waals surface area contributed by atoms with Crippen LogP contribution in [0.1, 0.15) is 36.4 Å². The maximum absolute atomic E-state index is 5.90. The lowest BCUT2D eigenvalue weighted by atomic mass is 9.86. The highest BCUT2D eigenvalue weighted by Gasteiger charge is 2.31. The number of aryl methyl sites for hydroxylation is 1. The Morgan fingerprint density at radius 2 is 2.25 bits per heavy atom. The molecule has 16 heavy (non-hydrogen) atoms. The van der Waals surface area contributed by atoms with Gasteiger partial charge in [0.1, 0.15) is 5.01 Å². The minimum Gasteiger partial charge on any atom is -0.330 e. The van der Waals surface area contributed by atoms with E-state index in [9.17, 15) is 0 Å². The van der Waals surface area contributed by atoms with Crippen molar-refractivity contribution in [1.82, 2.24) is 10.3 Å². The van der Waals surface area contributed by atoms with E-state index in [1.807, 2.05) is 6.92 Å². The number of rotatable bonds is 5. The van der Waals surface area contributed by atoms with Crippen molar-refractivity contribution >= 4 is 11.3 Å². The van der Waals surface area contributed by atoms with Crippen molar-refractivity contribution < 1.29 is 0 Å². The molecular formula is C12H21N3S. The minimum atomic E-state index is 0.367. The molecular weight excluding hydrogens is 218 g/mol. The van der Waals surface area contributed by atoms with Crippen molar-refractivity contribution in [3.05, 3.63) is 16.1 Å². The maximum atomic E-state index is 5.90. The van der Waals surface area contributed by atoms with Gasteiger partial charge < -0.3 is 11.1 Å². The maximum Gasteiger partial charge on any atom is 0.107 e. The van der Waals surface area contributed by atoms with Gasteiger partial charge >= 0.3 is 0 Å². The highest BCUT2D eigenvalue weighted by Crippen LogP contribution is 2.36. The Hall–Kier alpha value is -0.450. The van der Waals surface area contributed by atoms with Gasteiger partial charge in [-0.2, -0.15) is 0 Å². The van der Waals surface area contributed by atoms with Crippen LogP contribution < -0.4 is 11.1 Å². The first-order chi connectivity index (χ1) is 7.74. The molecule has 0 aromatic carbocycles. The smallest absolute Gasteiger partial charge is 0.107 e. The fourth-order valence-corrected chi connectivity index (χ4v) is 3.24. The quantitative estimate of drug-likeness (QED) is 0.827. The molecule has 0 amide bonds. The van der Waals surface area contributed by atoms with E-state index in [0.29, 0.717) is 5.41 Å². The molecule has 0 unspecified atom stereocenters. The fraction of sp³-hybridized carbons (Fsp3) is 0.750. The summed E-state index contributed by atoms with van der Waals surface area (Å²) in [6.07, 6.45) is 5.26. The summed E-state index contributed by atoms with van der Waals surface area (Å²) in [5.41, 5.74) is 7.39. The summed E-state index contributed by atoms with van der Waals surface area (Å²) in [5.74, 6) is 0. The van der Waals surface area contributed by atoms with Crippen molar-refractivity contribution in [2.45, 2.75) is 39.2 Å². The van der Waals surface area contributed by atoms with E-state index >= 15 is 0 Å². The Labute approximate surface area is 101 Å². The van der Waals surface area contributed by atoms with Crippen LogP contribution in [0.2, 0.25) is 0 Å². The molecule has 0 atom stereocenters. The number of hydrogen-bond donors (Lipinski definition) is 2. The third kappa shape index (κ3) is 2.81. The molecule has 0 aliphatic heterocycles. The van der Waals surface area contributed by atoms with E-state index in [1.54, 1.807) is 11.3 Å². The zero-order valence-corrected chi connectivity index (χ0v) is 10.8. The zero-order chi connectivity index (χ0) is 11.4. The van der Waals surface area contributed by atoms with Crippen LogP contribution in [0.3, 0.4) is 0 Å². The van der Waals surface area contributed by atoms with E-state index < -0.39 is 0 Å². The Balaban J connectivity index is 1.78. The number of nitrogens with two attached hydrogens (primary N) is 1. The second kappa shape index (κ2) is 5.25. The molecule has 4 heteroatoms. The molecule has 1 heterocycles. The average molecular weight is 239 g/mol. The number of hydrogen-bond acceptors (Lipinski definition) is 4. The summed E-state index contributed by atoms with van der Waals surface area (Å²) in [6, 6.07) is 0. The van der Waals surface area contributed by atoms with Crippen LogP contribution in [0.15, 0.2) is 5.38 Å². The topological polar surface area (TPSA) is 50.9 Å². The lowest BCUT2D eigenvalue weighted by Crippen LogP contribution is -2.38.